The molecule has 3 heterocycles. The highest BCUT2D eigenvalue weighted by Gasteiger charge is 2.34. The van der Waals surface area contributed by atoms with Gasteiger partial charge in [-0.2, -0.15) is 0 Å². The maximum atomic E-state index is 14.7. The molecule has 2 saturated heterocycles. The van der Waals surface area contributed by atoms with Crippen LogP contribution in [0.3, 0.4) is 0 Å². The summed E-state index contributed by atoms with van der Waals surface area (Å²) < 4.78 is 25.3. The van der Waals surface area contributed by atoms with E-state index in [0.29, 0.717) is 31.6 Å². The molecule has 2 aliphatic heterocycles. The van der Waals surface area contributed by atoms with E-state index in [2.05, 4.69) is 16.0 Å². The lowest BCUT2D eigenvalue weighted by Crippen LogP contribution is -2.48. The molecule has 2 N–H and O–H groups in total. The summed E-state index contributed by atoms with van der Waals surface area (Å²) in [5.74, 6) is -0.631. The van der Waals surface area contributed by atoms with Crippen LogP contribution >= 0.6 is 0 Å². The Morgan fingerprint density at radius 2 is 1.94 bits per heavy atom. The Balaban J connectivity index is 1.19. The van der Waals surface area contributed by atoms with Crippen molar-refractivity contribution in [3.63, 3.8) is 0 Å². The van der Waals surface area contributed by atoms with Crippen molar-refractivity contribution in [1.82, 2.24) is 4.98 Å². The molecule has 0 aliphatic carbocycles. The number of fused-ring (bicyclic) bond motifs is 1. The van der Waals surface area contributed by atoms with E-state index in [9.17, 15) is 14.3 Å². The van der Waals surface area contributed by atoms with Crippen molar-refractivity contribution in [2.24, 2.45) is 0 Å². The van der Waals surface area contributed by atoms with E-state index in [1.165, 1.54) is 17.0 Å². The van der Waals surface area contributed by atoms with Crippen LogP contribution in [0.2, 0.25) is 0 Å². The van der Waals surface area contributed by atoms with Crippen LogP contribution in [0.5, 0.6) is 5.75 Å². The minimum Gasteiger partial charge on any atom is -0.488 e. The van der Waals surface area contributed by atoms with E-state index in [1.54, 1.807) is 12.3 Å². The molecule has 9 heteroatoms. The average molecular weight is 467 g/mol. The monoisotopic (exact) mass is 467 g/mol. The zero-order valence-electron chi connectivity index (χ0n) is 18.6. The minimum absolute atomic E-state index is 0.00600. The van der Waals surface area contributed by atoms with Crippen LogP contribution in [0.25, 0.3) is 10.9 Å². The third-order valence-corrected chi connectivity index (χ3v) is 6.45. The second kappa shape index (κ2) is 9.08. The van der Waals surface area contributed by atoms with Gasteiger partial charge in [-0.3, -0.25) is 9.88 Å². The molecule has 0 unspecified atom stereocenters. The van der Waals surface area contributed by atoms with Gasteiger partial charge in [-0.25, -0.2) is 9.18 Å². The Labute approximate surface area is 196 Å². The van der Waals surface area contributed by atoms with E-state index in [1.807, 2.05) is 24.3 Å². The summed E-state index contributed by atoms with van der Waals surface area (Å²) in [5.41, 5.74) is 1.24. The maximum Gasteiger partial charge on any atom is 0.414 e. The van der Waals surface area contributed by atoms with Gasteiger partial charge in [0.15, 0.2) is 11.6 Å². The lowest BCUT2D eigenvalue weighted by Gasteiger charge is -2.39. The van der Waals surface area contributed by atoms with E-state index in [0.717, 1.165) is 16.6 Å². The molecule has 0 spiro atoms. The Kier molecular flexibility index (Phi) is 5.97. The topological polar surface area (TPSA) is 95.4 Å². The first kappa shape index (κ1) is 22.4. The molecule has 3 aromatic rings. The fraction of sp³-hybridized carbons (Fsp3) is 0.360. The Morgan fingerprint density at radius 3 is 2.68 bits per heavy atom. The molecule has 8 nitrogen and oxygen atoms in total. The zero-order valence-corrected chi connectivity index (χ0v) is 18.6. The van der Waals surface area contributed by atoms with Crippen molar-refractivity contribution in [3.8, 4) is 5.75 Å². The van der Waals surface area contributed by atoms with Crippen LogP contribution in [-0.2, 0) is 4.74 Å². The first-order valence-corrected chi connectivity index (χ1v) is 11.3. The molecule has 34 heavy (non-hydrogen) atoms. The molecular formula is C25H26FN3O5. The Hall–Kier alpha value is -3.43. The molecule has 2 aliphatic rings. The van der Waals surface area contributed by atoms with Crippen LogP contribution in [0.1, 0.15) is 12.8 Å². The fourth-order valence-corrected chi connectivity index (χ4v) is 4.39. The number of cyclic esters (lactones) is 1. The molecule has 2 aromatic carbocycles. The smallest absolute Gasteiger partial charge is 0.414 e. The fourth-order valence-electron chi connectivity index (χ4n) is 4.39. The number of benzene rings is 2. The lowest BCUT2D eigenvalue weighted by atomic mass is 9.92. The molecule has 1 atom stereocenters. The number of amides is 1. The number of ether oxygens (including phenoxy) is 2. The number of pyridine rings is 1. The average Bonchev–Trinajstić information content (AvgIpc) is 3.24. The maximum absolute atomic E-state index is 14.7. The highest BCUT2D eigenvalue weighted by Crippen LogP contribution is 2.31. The Morgan fingerprint density at radius 1 is 1.15 bits per heavy atom. The highest BCUT2D eigenvalue weighted by atomic mass is 19.1. The molecular weight excluding hydrogens is 441 g/mol. The zero-order chi connectivity index (χ0) is 23.7. The number of halogens is 1. The van der Waals surface area contributed by atoms with Crippen LogP contribution in [0.4, 0.5) is 20.6 Å². The van der Waals surface area contributed by atoms with Gasteiger partial charge in [0.1, 0.15) is 18.3 Å². The van der Waals surface area contributed by atoms with Crippen molar-refractivity contribution in [2.45, 2.75) is 24.5 Å². The summed E-state index contributed by atoms with van der Waals surface area (Å²) in [4.78, 5) is 19.8. The van der Waals surface area contributed by atoms with Crippen molar-refractivity contribution >= 4 is 28.4 Å². The van der Waals surface area contributed by atoms with Crippen LogP contribution in [-0.4, -0.2) is 65.8 Å². The summed E-state index contributed by atoms with van der Waals surface area (Å²) in [7, 11) is 0. The molecule has 0 bridgehead atoms. The Bertz CT molecular complexity index is 1200. The third kappa shape index (κ3) is 4.49. The van der Waals surface area contributed by atoms with Crippen LogP contribution < -0.4 is 14.5 Å². The number of nitrogens with zero attached hydrogens (tertiary/aromatic N) is 3. The number of aromatic nitrogens is 1. The van der Waals surface area contributed by atoms with E-state index in [-0.39, 0.29) is 25.5 Å². The SMILES string of the molecule is O=C1O[C@@H](CO)CN1c1ccc(OCC2(O)CCN(c3ccc4cccnc4c3)CC2)c(F)c1. The van der Waals surface area contributed by atoms with Crippen LogP contribution in [0, 0.1) is 5.82 Å². The molecule has 1 amide bonds. The largest absolute Gasteiger partial charge is 0.488 e. The van der Waals surface area contributed by atoms with Gasteiger partial charge in [0.25, 0.3) is 0 Å². The van der Waals surface area contributed by atoms with Gasteiger partial charge in [-0.1, -0.05) is 12.1 Å². The van der Waals surface area contributed by atoms with Crippen molar-refractivity contribution in [1.29, 1.82) is 0 Å². The number of rotatable bonds is 6. The summed E-state index contributed by atoms with van der Waals surface area (Å²) in [5, 5.41) is 21.2. The number of hydrogen-bond donors (Lipinski definition) is 2. The van der Waals surface area contributed by atoms with Crippen molar-refractivity contribution in [2.75, 3.05) is 42.6 Å². The molecule has 0 radical (unpaired) electrons. The van der Waals surface area contributed by atoms with Crippen molar-refractivity contribution < 1.29 is 28.9 Å². The first-order valence-electron chi connectivity index (χ1n) is 11.3. The number of aliphatic hydroxyl groups excluding tert-OH is 1. The highest BCUT2D eigenvalue weighted by molar-refractivity contribution is 5.89. The predicted molar refractivity (Wildman–Crippen MR) is 125 cm³/mol. The standard InChI is InChI=1S/C25H26FN3O5/c26-21-12-19(29-14-20(15-30)34-24(29)31)5-6-23(21)33-16-25(32)7-10-28(11-8-25)18-4-3-17-2-1-9-27-22(17)13-18/h1-6,9,12-13,20,30,32H,7-8,10-11,14-16H2/t20-/m1/s1. The quantitative estimate of drug-likeness (QED) is 0.575. The number of carbonyl (C=O) groups excluding carboxylic acids is 1. The van der Waals surface area contributed by atoms with E-state index in [4.69, 9.17) is 14.6 Å². The number of anilines is 2. The van der Waals surface area contributed by atoms with Gasteiger partial charge in [-0.05, 0) is 43.2 Å². The van der Waals surface area contributed by atoms with E-state index < -0.39 is 23.6 Å². The van der Waals surface area contributed by atoms with Gasteiger partial charge in [0.05, 0.1) is 24.4 Å². The van der Waals surface area contributed by atoms with E-state index >= 15 is 0 Å². The predicted octanol–water partition coefficient (Wildman–Crippen LogP) is 3.10. The number of hydrogen-bond acceptors (Lipinski definition) is 7. The number of carbonyl (C=O) groups is 1. The van der Waals surface area contributed by atoms with Gasteiger partial charge in [0.2, 0.25) is 0 Å². The molecule has 0 saturated carbocycles. The normalized spacial score (nSPS) is 20.0. The van der Waals surface area contributed by atoms with Gasteiger partial charge >= 0.3 is 6.09 Å². The van der Waals surface area contributed by atoms with Crippen LogP contribution in [0.15, 0.2) is 54.7 Å². The van der Waals surface area contributed by atoms with Gasteiger partial charge in [0, 0.05) is 36.4 Å². The van der Waals surface area contributed by atoms with Crippen molar-refractivity contribution in [3.05, 3.63) is 60.5 Å². The molecule has 1 aromatic heterocycles. The summed E-state index contributed by atoms with van der Waals surface area (Å²) in [6, 6.07) is 14.3. The lowest BCUT2D eigenvalue weighted by molar-refractivity contribution is -0.0249. The molecule has 5 rings (SSSR count). The molecule has 178 valence electrons. The summed E-state index contributed by atoms with van der Waals surface area (Å²) >= 11 is 0. The van der Waals surface area contributed by atoms with Gasteiger partial charge < -0.3 is 24.6 Å². The first-order chi connectivity index (χ1) is 16.4. The number of aliphatic hydroxyl groups is 2. The second-order valence-corrected chi connectivity index (χ2v) is 8.79. The van der Waals surface area contributed by atoms with Gasteiger partial charge in [-0.15, -0.1) is 0 Å². The summed E-state index contributed by atoms with van der Waals surface area (Å²) in [6.07, 6.45) is 1.48. The summed E-state index contributed by atoms with van der Waals surface area (Å²) in [6.45, 7) is 1.11. The number of piperidine rings is 1. The minimum atomic E-state index is -1.07. The molecule has 2 fully saturated rings. The second-order valence-electron chi connectivity index (χ2n) is 8.79. The third-order valence-electron chi connectivity index (χ3n) is 6.45.